The predicted octanol–water partition coefficient (Wildman–Crippen LogP) is 1.70. The maximum absolute atomic E-state index is 12.9. The van der Waals surface area contributed by atoms with Crippen LogP contribution in [0.5, 0.6) is 0 Å². The van der Waals surface area contributed by atoms with E-state index < -0.39 is 48.9 Å². The number of hydrazone groups is 1. The zero-order chi connectivity index (χ0) is 16.7. The SMILES string of the molecule is O=C(c1ccnn1C(F)F)N1N=C(C(F)F)C[C@]1(O)C(F)F. The Kier molecular flexibility index (Phi) is 4.13. The molecule has 0 saturated heterocycles. The summed E-state index contributed by atoms with van der Waals surface area (Å²) in [6.45, 7) is -3.27. The minimum atomic E-state index is -3.64. The molecule has 1 atom stereocenters. The molecule has 1 N–H and O–H groups in total. The van der Waals surface area contributed by atoms with Crippen LogP contribution in [0, 0.1) is 0 Å². The molecular weight excluding hydrogens is 322 g/mol. The summed E-state index contributed by atoms with van der Waals surface area (Å²) in [4.78, 5) is 12.0. The molecule has 2 rings (SSSR count). The van der Waals surface area contributed by atoms with Gasteiger partial charge in [0.2, 0.25) is 5.72 Å². The third-order valence-electron chi connectivity index (χ3n) is 2.90. The minimum Gasteiger partial charge on any atom is -0.364 e. The van der Waals surface area contributed by atoms with E-state index >= 15 is 0 Å². The standard InChI is InChI=1S/C10H8F6N4O2/c11-6(12)4-3-10(22,8(13)14)20(18-4)7(21)5-1-2-17-19(5)9(15)16/h1-2,6,8-9,22H,3H2/t10-/m0/s1. The van der Waals surface area contributed by atoms with Gasteiger partial charge in [0.25, 0.3) is 18.8 Å². The lowest BCUT2D eigenvalue weighted by atomic mass is 10.1. The fourth-order valence-electron chi connectivity index (χ4n) is 1.85. The molecule has 1 aromatic rings. The lowest BCUT2D eigenvalue weighted by molar-refractivity contribution is -0.164. The zero-order valence-corrected chi connectivity index (χ0v) is 10.5. The van der Waals surface area contributed by atoms with Gasteiger partial charge in [-0.2, -0.15) is 28.7 Å². The average molecular weight is 330 g/mol. The number of carbonyl (C=O) groups is 1. The number of amides is 1. The van der Waals surface area contributed by atoms with Crippen molar-refractivity contribution in [1.29, 1.82) is 0 Å². The Morgan fingerprint density at radius 2 is 1.91 bits per heavy atom. The van der Waals surface area contributed by atoms with Crippen LogP contribution in [-0.4, -0.2) is 50.1 Å². The van der Waals surface area contributed by atoms with E-state index in [1.165, 1.54) is 0 Å². The lowest BCUT2D eigenvalue weighted by Gasteiger charge is -2.29. The second kappa shape index (κ2) is 5.59. The Morgan fingerprint density at radius 3 is 2.41 bits per heavy atom. The molecule has 0 unspecified atom stereocenters. The highest BCUT2D eigenvalue weighted by atomic mass is 19.3. The van der Waals surface area contributed by atoms with Gasteiger partial charge in [-0.3, -0.25) is 4.79 Å². The number of hydrogen-bond acceptors (Lipinski definition) is 4. The van der Waals surface area contributed by atoms with Crippen molar-refractivity contribution in [2.45, 2.75) is 31.5 Å². The molecular formula is C10H8F6N4O2. The van der Waals surface area contributed by atoms with E-state index in [4.69, 9.17) is 0 Å². The van der Waals surface area contributed by atoms with Gasteiger partial charge in [-0.25, -0.2) is 17.6 Å². The summed E-state index contributed by atoms with van der Waals surface area (Å²) in [5.41, 5.74) is -5.37. The fraction of sp³-hybridized carbons (Fsp3) is 0.500. The molecule has 0 radical (unpaired) electrons. The number of nitrogens with zero attached hydrogens (tertiary/aromatic N) is 4. The molecule has 22 heavy (non-hydrogen) atoms. The highest BCUT2D eigenvalue weighted by Crippen LogP contribution is 2.34. The minimum absolute atomic E-state index is 0.107. The van der Waals surface area contributed by atoms with E-state index in [0.29, 0.717) is 0 Å². The highest BCUT2D eigenvalue weighted by Gasteiger charge is 2.54. The van der Waals surface area contributed by atoms with Crippen LogP contribution in [0.1, 0.15) is 23.5 Å². The van der Waals surface area contributed by atoms with Gasteiger partial charge in [-0.1, -0.05) is 0 Å². The Bertz CT molecular complexity index is 604. The van der Waals surface area contributed by atoms with E-state index in [-0.39, 0.29) is 9.69 Å². The van der Waals surface area contributed by atoms with Gasteiger partial charge in [-0.05, 0) is 6.07 Å². The van der Waals surface area contributed by atoms with Gasteiger partial charge < -0.3 is 5.11 Å². The Labute approximate surface area is 118 Å². The first-order valence-corrected chi connectivity index (χ1v) is 5.70. The van der Waals surface area contributed by atoms with Crippen LogP contribution in [-0.2, 0) is 0 Å². The van der Waals surface area contributed by atoms with Crippen LogP contribution in [0.4, 0.5) is 26.3 Å². The Hall–Kier alpha value is -2.11. The van der Waals surface area contributed by atoms with Gasteiger partial charge in [0.15, 0.2) is 0 Å². The van der Waals surface area contributed by atoms with Crippen molar-refractivity contribution in [3.8, 4) is 0 Å². The topological polar surface area (TPSA) is 70.7 Å². The number of aliphatic hydroxyl groups is 1. The largest absolute Gasteiger partial charge is 0.364 e. The Balaban J connectivity index is 2.43. The number of hydrogen-bond donors (Lipinski definition) is 1. The van der Waals surface area contributed by atoms with Crippen molar-refractivity contribution < 1.29 is 36.2 Å². The van der Waals surface area contributed by atoms with Crippen LogP contribution >= 0.6 is 0 Å². The first-order chi connectivity index (χ1) is 10.2. The van der Waals surface area contributed by atoms with E-state index in [2.05, 4.69) is 10.2 Å². The van der Waals surface area contributed by atoms with Crippen LogP contribution in [0.25, 0.3) is 0 Å². The van der Waals surface area contributed by atoms with Crippen LogP contribution < -0.4 is 0 Å². The molecule has 1 aliphatic rings. The molecule has 0 bridgehead atoms. The predicted molar refractivity (Wildman–Crippen MR) is 58.7 cm³/mol. The summed E-state index contributed by atoms with van der Waals surface area (Å²) in [5.74, 6) is -1.60. The van der Waals surface area contributed by atoms with Gasteiger partial charge in [0, 0.05) is 12.6 Å². The third kappa shape index (κ3) is 2.53. The summed E-state index contributed by atoms with van der Waals surface area (Å²) in [5, 5.41) is 15.5. The second-order valence-electron chi connectivity index (χ2n) is 4.30. The van der Waals surface area contributed by atoms with Crippen molar-refractivity contribution in [2.24, 2.45) is 5.10 Å². The van der Waals surface area contributed by atoms with Crippen LogP contribution in [0.2, 0.25) is 0 Å². The average Bonchev–Trinajstić information content (AvgIpc) is 3.02. The molecule has 1 aromatic heterocycles. The van der Waals surface area contributed by atoms with Gasteiger partial charge in [0.1, 0.15) is 11.4 Å². The maximum atomic E-state index is 12.9. The maximum Gasteiger partial charge on any atom is 0.333 e. The molecule has 6 nitrogen and oxygen atoms in total. The van der Waals surface area contributed by atoms with E-state index in [9.17, 15) is 36.2 Å². The number of carbonyl (C=O) groups excluding carboxylic acids is 1. The molecule has 0 spiro atoms. The summed E-state index contributed by atoms with van der Waals surface area (Å²) in [6, 6.07) is 0.760. The molecule has 0 aromatic carbocycles. The summed E-state index contributed by atoms with van der Waals surface area (Å²) < 4.78 is 76.2. The molecule has 0 aliphatic carbocycles. The van der Waals surface area contributed by atoms with E-state index in [1.54, 1.807) is 0 Å². The molecule has 1 aliphatic heterocycles. The van der Waals surface area contributed by atoms with Crippen LogP contribution in [0.3, 0.4) is 0 Å². The van der Waals surface area contributed by atoms with Crippen molar-refractivity contribution in [1.82, 2.24) is 14.8 Å². The summed E-state index contributed by atoms with van der Waals surface area (Å²) >= 11 is 0. The number of alkyl halides is 6. The number of aromatic nitrogens is 2. The monoisotopic (exact) mass is 330 g/mol. The van der Waals surface area contributed by atoms with Gasteiger partial charge in [-0.15, -0.1) is 0 Å². The number of rotatable bonds is 4. The second-order valence-corrected chi connectivity index (χ2v) is 4.30. The van der Waals surface area contributed by atoms with E-state index in [1.807, 2.05) is 0 Å². The molecule has 0 saturated carbocycles. The third-order valence-corrected chi connectivity index (χ3v) is 2.90. The molecule has 2 heterocycles. The van der Waals surface area contributed by atoms with Crippen LogP contribution in [0.15, 0.2) is 17.4 Å². The van der Waals surface area contributed by atoms with Crippen molar-refractivity contribution in [3.63, 3.8) is 0 Å². The fourth-order valence-corrected chi connectivity index (χ4v) is 1.85. The smallest absolute Gasteiger partial charge is 0.333 e. The Morgan fingerprint density at radius 1 is 1.27 bits per heavy atom. The van der Waals surface area contributed by atoms with Crippen molar-refractivity contribution >= 4 is 11.6 Å². The quantitative estimate of drug-likeness (QED) is 0.854. The van der Waals surface area contributed by atoms with Crippen molar-refractivity contribution in [3.05, 3.63) is 18.0 Å². The van der Waals surface area contributed by atoms with Gasteiger partial charge >= 0.3 is 6.55 Å². The molecule has 122 valence electrons. The van der Waals surface area contributed by atoms with Gasteiger partial charge in [0.05, 0.1) is 0 Å². The number of halogens is 6. The first kappa shape index (κ1) is 16.3. The molecule has 0 fully saturated rings. The normalized spacial score (nSPS) is 22.1. The van der Waals surface area contributed by atoms with E-state index in [0.717, 1.165) is 12.3 Å². The first-order valence-electron chi connectivity index (χ1n) is 5.70. The summed E-state index contributed by atoms with van der Waals surface area (Å²) in [6.07, 6.45) is -7.44. The molecule has 12 heteroatoms. The van der Waals surface area contributed by atoms with Crippen molar-refractivity contribution in [2.75, 3.05) is 0 Å². The lowest BCUT2D eigenvalue weighted by Crippen LogP contribution is -2.52. The summed E-state index contributed by atoms with van der Waals surface area (Å²) in [7, 11) is 0. The zero-order valence-electron chi connectivity index (χ0n) is 10.5. The highest BCUT2D eigenvalue weighted by molar-refractivity contribution is 5.98. The molecule has 1 amide bonds.